The van der Waals surface area contributed by atoms with E-state index in [1.807, 2.05) is 25.1 Å². The van der Waals surface area contributed by atoms with Crippen LogP contribution in [0.25, 0.3) is 11.5 Å². The van der Waals surface area contributed by atoms with E-state index in [4.69, 9.17) is 4.52 Å². The fourth-order valence-electron chi connectivity index (χ4n) is 2.16. The van der Waals surface area contributed by atoms with Gasteiger partial charge in [-0.1, -0.05) is 5.16 Å². The molecule has 0 atom stereocenters. The quantitative estimate of drug-likeness (QED) is 0.934. The van der Waals surface area contributed by atoms with E-state index in [0.717, 1.165) is 18.5 Å². The molecule has 2 aromatic rings. The van der Waals surface area contributed by atoms with Crippen molar-refractivity contribution < 1.29 is 4.52 Å². The second-order valence-corrected chi connectivity index (χ2v) is 4.80. The van der Waals surface area contributed by atoms with Gasteiger partial charge in [0, 0.05) is 17.8 Å². The first-order valence-corrected chi connectivity index (χ1v) is 6.07. The fraction of sp³-hybridized carbons (Fsp3) is 0.385. The molecule has 102 valence electrons. The second-order valence-electron chi connectivity index (χ2n) is 4.80. The number of fused-ring (bicyclic) bond motifs is 1. The van der Waals surface area contributed by atoms with Gasteiger partial charge in [0.15, 0.2) is 5.82 Å². The lowest BCUT2D eigenvalue weighted by molar-refractivity contribution is 0.365. The van der Waals surface area contributed by atoms with Gasteiger partial charge in [0.2, 0.25) is 0 Å². The standard InChI is InChI=1S/C13H16N4O.ClH/c1-17(2)8-12-15-13(18-16-12)10-3-4-11-9(7-10)5-6-14-11;/h3-4,7,14H,5-6,8H2,1-2H3;1H. The normalized spacial score (nSPS) is 13.0. The molecule has 1 aliphatic rings. The van der Waals surface area contributed by atoms with Crippen LogP contribution in [0.3, 0.4) is 0 Å². The molecule has 0 radical (unpaired) electrons. The molecule has 1 N–H and O–H groups in total. The highest BCUT2D eigenvalue weighted by molar-refractivity contribution is 5.85. The predicted molar refractivity (Wildman–Crippen MR) is 76.6 cm³/mol. The van der Waals surface area contributed by atoms with Crippen LogP contribution in [0.2, 0.25) is 0 Å². The number of hydrogen-bond donors (Lipinski definition) is 1. The van der Waals surface area contributed by atoms with Crippen molar-refractivity contribution in [3.63, 3.8) is 0 Å². The maximum atomic E-state index is 5.30. The second kappa shape index (κ2) is 5.59. The predicted octanol–water partition coefficient (Wildman–Crippen LogP) is 2.19. The molecule has 1 aliphatic heterocycles. The molecule has 0 spiro atoms. The lowest BCUT2D eigenvalue weighted by Crippen LogP contribution is -2.11. The van der Waals surface area contributed by atoms with Crippen LogP contribution in [-0.2, 0) is 13.0 Å². The fourth-order valence-corrected chi connectivity index (χ4v) is 2.16. The van der Waals surface area contributed by atoms with Gasteiger partial charge in [0.25, 0.3) is 5.89 Å². The van der Waals surface area contributed by atoms with Crippen LogP contribution in [0.4, 0.5) is 5.69 Å². The number of benzene rings is 1. The first kappa shape index (κ1) is 13.8. The summed E-state index contributed by atoms with van der Waals surface area (Å²) in [6.07, 6.45) is 1.06. The van der Waals surface area contributed by atoms with Crippen LogP contribution in [0.1, 0.15) is 11.4 Å². The summed E-state index contributed by atoms with van der Waals surface area (Å²) in [6.45, 7) is 1.70. The molecule has 0 unspecified atom stereocenters. The van der Waals surface area contributed by atoms with Crippen LogP contribution in [0.15, 0.2) is 22.7 Å². The number of anilines is 1. The molecule has 0 fully saturated rings. The van der Waals surface area contributed by atoms with Crippen molar-refractivity contribution in [1.82, 2.24) is 15.0 Å². The highest BCUT2D eigenvalue weighted by Gasteiger charge is 2.14. The molecule has 0 amide bonds. The van der Waals surface area contributed by atoms with E-state index in [1.165, 1.54) is 11.3 Å². The summed E-state index contributed by atoms with van der Waals surface area (Å²) in [5.74, 6) is 1.31. The van der Waals surface area contributed by atoms with Gasteiger partial charge in [0.1, 0.15) is 0 Å². The SMILES string of the molecule is CN(C)Cc1noc(-c2ccc3c(c2)CCN3)n1.Cl. The molecule has 3 rings (SSSR count). The minimum absolute atomic E-state index is 0. The molecule has 6 heteroatoms. The topological polar surface area (TPSA) is 54.2 Å². The zero-order valence-electron chi connectivity index (χ0n) is 11.0. The number of aromatic nitrogens is 2. The van der Waals surface area contributed by atoms with Crippen LogP contribution in [-0.4, -0.2) is 35.7 Å². The zero-order chi connectivity index (χ0) is 12.5. The lowest BCUT2D eigenvalue weighted by atomic mass is 10.1. The summed E-state index contributed by atoms with van der Waals surface area (Å²) in [5, 5.41) is 7.32. The summed E-state index contributed by atoms with van der Waals surface area (Å²) in [6, 6.07) is 6.22. The Kier molecular flexibility index (Phi) is 4.07. The van der Waals surface area contributed by atoms with Crippen molar-refractivity contribution in [1.29, 1.82) is 0 Å². The Morgan fingerprint density at radius 3 is 3.00 bits per heavy atom. The van der Waals surface area contributed by atoms with Gasteiger partial charge in [0.05, 0.1) is 6.54 Å². The van der Waals surface area contributed by atoms with Crippen LogP contribution < -0.4 is 5.32 Å². The molecular formula is C13H17ClN4O. The van der Waals surface area contributed by atoms with E-state index < -0.39 is 0 Å². The van der Waals surface area contributed by atoms with Crippen molar-refractivity contribution >= 4 is 18.1 Å². The van der Waals surface area contributed by atoms with Crippen molar-refractivity contribution in [2.75, 3.05) is 26.0 Å². The third kappa shape index (κ3) is 2.88. The molecule has 0 saturated carbocycles. The highest BCUT2D eigenvalue weighted by atomic mass is 35.5. The molecule has 0 aliphatic carbocycles. The molecule has 2 heterocycles. The monoisotopic (exact) mass is 280 g/mol. The first-order valence-electron chi connectivity index (χ1n) is 6.07. The van der Waals surface area contributed by atoms with Gasteiger partial charge in [-0.15, -0.1) is 12.4 Å². The lowest BCUT2D eigenvalue weighted by Gasteiger charge is -2.03. The van der Waals surface area contributed by atoms with Crippen molar-refractivity contribution in [2.24, 2.45) is 0 Å². The van der Waals surface area contributed by atoms with Crippen LogP contribution >= 0.6 is 12.4 Å². The Balaban J connectivity index is 0.00000133. The Bertz CT molecular complexity index is 568. The summed E-state index contributed by atoms with van der Waals surface area (Å²) < 4.78 is 5.30. The number of halogens is 1. The average molecular weight is 281 g/mol. The molecular weight excluding hydrogens is 264 g/mol. The molecule has 0 bridgehead atoms. The Labute approximate surface area is 118 Å². The Morgan fingerprint density at radius 2 is 2.21 bits per heavy atom. The number of nitrogens with one attached hydrogen (secondary N) is 1. The molecule has 1 aromatic carbocycles. The highest BCUT2D eigenvalue weighted by Crippen LogP contribution is 2.27. The molecule has 5 nitrogen and oxygen atoms in total. The van der Waals surface area contributed by atoms with E-state index in [1.54, 1.807) is 0 Å². The van der Waals surface area contributed by atoms with Crippen LogP contribution in [0.5, 0.6) is 0 Å². The first-order chi connectivity index (χ1) is 8.72. The van der Waals surface area contributed by atoms with Gasteiger partial charge >= 0.3 is 0 Å². The summed E-state index contributed by atoms with van der Waals surface area (Å²) in [7, 11) is 3.97. The maximum absolute atomic E-state index is 5.30. The summed E-state index contributed by atoms with van der Waals surface area (Å²) in [5.41, 5.74) is 3.53. The zero-order valence-corrected chi connectivity index (χ0v) is 11.8. The van der Waals surface area contributed by atoms with Crippen molar-refractivity contribution in [3.8, 4) is 11.5 Å². The van der Waals surface area contributed by atoms with Gasteiger partial charge in [-0.3, -0.25) is 0 Å². The average Bonchev–Trinajstić information content (AvgIpc) is 2.95. The van der Waals surface area contributed by atoms with Gasteiger partial charge in [-0.25, -0.2) is 0 Å². The van der Waals surface area contributed by atoms with Gasteiger partial charge in [-0.2, -0.15) is 4.98 Å². The van der Waals surface area contributed by atoms with Crippen molar-refractivity contribution in [2.45, 2.75) is 13.0 Å². The summed E-state index contributed by atoms with van der Waals surface area (Å²) >= 11 is 0. The number of rotatable bonds is 3. The third-order valence-electron chi connectivity index (χ3n) is 2.99. The third-order valence-corrected chi connectivity index (χ3v) is 2.99. The molecule has 0 saturated heterocycles. The van der Waals surface area contributed by atoms with Gasteiger partial charge in [-0.05, 0) is 44.3 Å². The van der Waals surface area contributed by atoms with Crippen molar-refractivity contribution in [3.05, 3.63) is 29.6 Å². The van der Waals surface area contributed by atoms with E-state index in [9.17, 15) is 0 Å². The summed E-state index contributed by atoms with van der Waals surface area (Å²) in [4.78, 5) is 6.42. The van der Waals surface area contributed by atoms with E-state index in [0.29, 0.717) is 18.3 Å². The number of nitrogens with zero attached hydrogens (tertiary/aromatic N) is 3. The van der Waals surface area contributed by atoms with Crippen LogP contribution in [0, 0.1) is 0 Å². The van der Waals surface area contributed by atoms with E-state index in [2.05, 4.69) is 27.6 Å². The minimum Gasteiger partial charge on any atom is -0.384 e. The largest absolute Gasteiger partial charge is 0.384 e. The molecule has 1 aromatic heterocycles. The smallest absolute Gasteiger partial charge is 0.257 e. The van der Waals surface area contributed by atoms with Gasteiger partial charge < -0.3 is 14.7 Å². The van der Waals surface area contributed by atoms with E-state index in [-0.39, 0.29) is 12.4 Å². The van der Waals surface area contributed by atoms with E-state index >= 15 is 0 Å². The molecule has 19 heavy (non-hydrogen) atoms. The number of hydrogen-bond acceptors (Lipinski definition) is 5. The maximum Gasteiger partial charge on any atom is 0.257 e. The Hall–Kier alpha value is -1.59. The Morgan fingerprint density at radius 1 is 1.37 bits per heavy atom. The minimum atomic E-state index is 0.